The third-order valence-corrected chi connectivity index (χ3v) is 4.28. The number of anilines is 1. The van der Waals surface area contributed by atoms with E-state index in [0.29, 0.717) is 0 Å². The molecule has 0 atom stereocenters. The summed E-state index contributed by atoms with van der Waals surface area (Å²) < 4.78 is 5.10. The summed E-state index contributed by atoms with van der Waals surface area (Å²) in [5, 5.41) is 15.7. The first-order valence-electron chi connectivity index (χ1n) is 8.20. The number of nitrogens with one attached hydrogen (secondary N) is 2. The molecule has 1 heterocycles. The molecule has 0 unspecified atom stereocenters. The molecule has 29 heavy (non-hydrogen) atoms. The summed E-state index contributed by atoms with van der Waals surface area (Å²) in [5.74, 6) is -1.58. The van der Waals surface area contributed by atoms with E-state index in [0.717, 1.165) is 4.90 Å². The largest absolute Gasteiger partial charge is 0.495 e. The van der Waals surface area contributed by atoms with Crippen molar-refractivity contribution in [3.05, 3.63) is 63.7 Å². The molecule has 0 aromatic heterocycles. The fourth-order valence-electron chi connectivity index (χ4n) is 2.75. The van der Waals surface area contributed by atoms with E-state index in [9.17, 15) is 24.5 Å². The van der Waals surface area contributed by atoms with Gasteiger partial charge in [-0.3, -0.25) is 29.4 Å². The Hall–Kier alpha value is -3.86. The summed E-state index contributed by atoms with van der Waals surface area (Å²) >= 11 is 5.04. The molecule has 1 aliphatic rings. The van der Waals surface area contributed by atoms with Crippen LogP contribution in [0.3, 0.4) is 0 Å². The first-order chi connectivity index (χ1) is 13.8. The van der Waals surface area contributed by atoms with Gasteiger partial charge in [-0.1, -0.05) is 12.1 Å². The average Bonchev–Trinajstić information content (AvgIpc) is 2.93. The van der Waals surface area contributed by atoms with Crippen molar-refractivity contribution in [2.75, 3.05) is 19.0 Å². The van der Waals surface area contributed by atoms with Crippen LogP contribution in [0.25, 0.3) is 0 Å². The zero-order valence-corrected chi connectivity index (χ0v) is 15.8. The van der Waals surface area contributed by atoms with Gasteiger partial charge in [-0.05, 0) is 30.4 Å². The number of hydrogen-bond donors (Lipinski definition) is 2. The number of nitro groups is 1. The van der Waals surface area contributed by atoms with Crippen LogP contribution in [0.1, 0.15) is 20.7 Å². The molecule has 11 heteroatoms. The number of fused-ring (bicyclic) bond motifs is 1. The molecule has 0 aliphatic carbocycles. The number of hydrogen-bond acceptors (Lipinski definition) is 7. The van der Waals surface area contributed by atoms with Gasteiger partial charge >= 0.3 is 0 Å². The second-order valence-corrected chi connectivity index (χ2v) is 6.29. The first-order valence-corrected chi connectivity index (χ1v) is 8.61. The normalized spacial score (nSPS) is 12.4. The molecule has 2 aromatic carbocycles. The van der Waals surface area contributed by atoms with E-state index in [1.54, 1.807) is 12.1 Å². The van der Waals surface area contributed by atoms with Gasteiger partial charge in [-0.25, -0.2) is 0 Å². The number of methoxy groups -OCH3 is 1. The lowest BCUT2D eigenvalue weighted by atomic mass is 10.1. The average molecular weight is 414 g/mol. The summed E-state index contributed by atoms with van der Waals surface area (Å²) in [7, 11) is 1.37. The lowest BCUT2D eigenvalue weighted by Crippen LogP contribution is -2.43. The number of ether oxygens (including phenoxy) is 1. The molecule has 0 bridgehead atoms. The van der Waals surface area contributed by atoms with Crippen LogP contribution in [0.4, 0.5) is 11.4 Å². The van der Waals surface area contributed by atoms with E-state index in [4.69, 9.17) is 17.0 Å². The molecule has 3 rings (SSSR count). The monoisotopic (exact) mass is 414 g/mol. The molecule has 0 spiro atoms. The van der Waals surface area contributed by atoms with Gasteiger partial charge in [0.1, 0.15) is 12.3 Å². The van der Waals surface area contributed by atoms with Crippen LogP contribution in [0.15, 0.2) is 42.5 Å². The number of carbonyl (C=O) groups is 3. The third kappa shape index (κ3) is 4.04. The molecule has 0 saturated carbocycles. The lowest BCUT2D eigenvalue weighted by Gasteiger charge is -2.15. The number of carbonyl (C=O) groups excluding carboxylic acids is 3. The van der Waals surface area contributed by atoms with Crippen molar-refractivity contribution in [1.29, 1.82) is 0 Å². The Morgan fingerprint density at radius 2 is 1.79 bits per heavy atom. The van der Waals surface area contributed by atoms with Gasteiger partial charge < -0.3 is 15.4 Å². The summed E-state index contributed by atoms with van der Waals surface area (Å²) in [6.45, 7) is -0.528. The third-order valence-electron chi connectivity index (χ3n) is 4.07. The number of amides is 3. The lowest BCUT2D eigenvalue weighted by molar-refractivity contribution is -0.384. The Balaban J connectivity index is 1.66. The highest BCUT2D eigenvalue weighted by Gasteiger charge is 2.36. The standard InChI is InChI=1S/C18H14N4O6S/c1-28-14-7-6-10(22(26)27)8-13(14)19-18(29)20-15(23)9-21-16(24)11-4-2-3-5-12(11)17(21)25/h2-8H,9H2,1H3,(H2,19,20,23,29). The first kappa shape index (κ1) is 19.9. The topological polar surface area (TPSA) is 131 Å². The number of nitro benzene ring substituents is 1. The van der Waals surface area contributed by atoms with Crippen LogP contribution in [0.5, 0.6) is 5.75 Å². The molecule has 0 fully saturated rings. The van der Waals surface area contributed by atoms with Crippen molar-refractivity contribution in [2.45, 2.75) is 0 Å². The van der Waals surface area contributed by atoms with E-state index in [1.807, 2.05) is 0 Å². The van der Waals surface area contributed by atoms with Crippen molar-refractivity contribution in [3.8, 4) is 5.75 Å². The maximum absolute atomic E-state index is 12.3. The quantitative estimate of drug-likeness (QED) is 0.327. The highest BCUT2D eigenvalue weighted by Crippen LogP contribution is 2.28. The molecular formula is C18H14N4O6S. The minimum atomic E-state index is -0.707. The van der Waals surface area contributed by atoms with E-state index in [2.05, 4.69) is 10.6 Å². The predicted octanol–water partition coefficient (Wildman–Crippen LogP) is 1.71. The Kier molecular flexibility index (Phi) is 5.50. The van der Waals surface area contributed by atoms with Gasteiger partial charge in [0.25, 0.3) is 17.5 Å². The Morgan fingerprint density at radius 1 is 1.17 bits per heavy atom. The van der Waals surface area contributed by atoms with Gasteiger partial charge in [-0.2, -0.15) is 0 Å². The van der Waals surface area contributed by atoms with Crippen molar-refractivity contribution in [1.82, 2.24) is 10.2 Å². The minimum absolute atomic E-state index is 0.174. The predicted molar refractivity (Wildman–Crippen MR) is 106 cm³/mol. The Labute approximate surface area is 169 Å². The number of benzene rings is 2. The Bertz CT molecular complexity index is 1020. The van der Waals surface area contributed by atoms with Crippen molar-refractivity contribution in [2.24, 2.45) is 0 Å². The van der Waals surface area contributed by atoms with Crippen LogP contribution in [0, 0.1) is 10.1 Å². The summed E-state index contributed by atoms with van der Waals surface area (Å²) in [5.41, 5.74) is 0.431. The molecule has 2 N–H and O–H groups in total. The zero-order chi connectivity index (χ0) is 21.1. The van der Waals surface area contributed by atoms with E-state index < -0.39 is 29.2 Å². The molecule has 2 aromatic rings. The van der Waals surface area contributed by atoms with E-state index >= 15 is 0 Å². The number of non-ortho nitro benzene ring substituents is 1. The molecule has 0 saturated heterocycles. The molecule has 1 aliphatic heterocycles. The SMILES string of the molecule is COc1ccc([N+](=O)[O-])cc1NC(=S)NC(=O)CN1C(=O)c2ccccc2C1=O. The number of nitrogens with zero attached hydrogens (tertiary/aromatic N) is 2. The smallest absolute Gasteiger partial charge is 0.271 e. The maximum Gasteiger partial charge on any atom is 0.271 e. The van der Waals surface area contributed by atoms with Gasteiger partial charge in [0, 0.05) is 12.1 Å². The number of thiocarbonyl (C=S) groups is 1. The highest BCUT2D eigenvalue weighted by molar-refractivity contribution is 7.80. The highest BCUT2D eigenvalue weighted by atomic mass is 32.1. The van der Waals surface area contributed by atoms with Crippen LogP contribution in [-0.4, -0.2) is 46.3 Å². The number of rotatable bonds is 5. The fraction of sp³-hybridized carbons (Fsp3) is 0.111. The van der Waals surface area contributed by atoms with Gasteiger partial charge in [0.05, 0.1) is 28.8 Å². The van der Waals surface area contributed by atoms with Gasteiger partial charge in [0.2, 0.25) is 5.91 Å². The van der Waals surface area contributed by atoms with Crippen molar-refractivity contribution >= 4 is 46.4 Å². The molecule has 0 radical (unpaired) electrons. The number of imide groups is 1. The summed E-state index contributed by atoms with van der Waals surface area (Å²) in [4.78, 5) is 48.0. The maximum atomic E-state index is 12.3. The summed E-state index contributed by atoms with van der Waals surface area (Å²) in [6.07, 6.45) is 0. The van der Waals surface area contributed by atoms with E-state index in [-0.39, 0.29) is 33.4 Å². The van der Waals surface area contributed by atoms with Gasteiger partial charge in [0.15, 0.2) is 5.11 Å². The second-order valence-electron chi connectivity index (χ2n) is 5.89. The van der Waals surface area contributed by atoms with Crippen LogP contribution in [-0.2, 0) is 4.79 Å². The fourth-order valence-corrected chi connectivity index (χ4v) is 2.98. The van der Waals surface area contributed by atoms with Crippen LogP contribution >= 0.6 is 12.2 Å². The molecular weight excluding hydrogens is 400 g/mol. The molecule has 3 amide bonds. The van der Waals surface area contributed by atoms with Crippen LogP contribution in [0.2, 0.25) is 0 Å². The Morgan fingerprint density at radius 3 is 2.34 bits per heavy atom. The molecule has 10 nitrogen and oxygen atoms in total. The van der Waals surface area contributed by atoms with Crippen molar-refractivity contribution in [3.63, 3.8) is 0 Å². The molecule has 148 valence electrons. The van der Waals surface area contributed by atoms with Crippen molar-refractivity contribution < 1.29 is 24.0 Å². The van der Waals surface area contributed by atoms with Gasteiger partial charge in [-0.15, -0.1) is 0 Å². The minimum Gasteiger partial charge on any atom is -0.495 e. The zero-order valence-electron chi connectivity index (χ0n) is 15.0. The van der Waals surface area contributed by atoms with Crippen LogP contribution < -0.4 is 15.4 Å². The second kappa shape index (κ2) is 8.02. The summed E-state index contributed by atoms with van der Waals surface area (Å²) in [6, 6.07) is 10.1. The van der Waals surface area contributed by atoms with E-state index in [1.165, 1.54) is 37.4 Å².